The number of esters is 1. The molecule has 2 aromatic rings. The summed E-state index contributed by atoms with van der Waals surface area (Å²) in [6.45, 7) is -0.367. The van der Waals surface area contributed by atoms with Gasteiger partial charge in [-0.05, 0) is 42.0 Å². The number of anilines is 1. The molecule has 0 spiro atoms. The first-order valence-electron chi connectivity index (χ1n) is 7.87. The summed E-state index contributed by atoms with van der Waals surface area (Å²) in [5.41, 5.74) is 1.85. The average Bonchev–Trinajstić information content (AvgIpc) is 2.62. The Morgan fingerprint density at radius 3 is 2.19 bits per heavy atom. The van der Waals surface area contributed by atoms with Crippen LogP contribution in [0.2, 0.25) is 0 Å². The van der Waals surface area contributed by atoms with Gasteiger partial charge in [0.2, 0.25) is 0 Å². The van der Waals surface area contributed by atoms with Gasteiger partial charge in [-0.25, -0.2) is 0 Å². The van der Waals surface area contributed by atoms with Crippen molar-refractivity contribution >= 4 is 39.4 Å². The van der Waals surface area contributed by atoms with Gasteiger partial charge in [-0.2, -0.15) is 0 Å². The minimum Gasteiger partial charge on any atom is -0.455 e. The van der Waals surface area contributed by atoms with Crippen molar-refractivity contribution in [3.63, 3.8) is 0 Å². The smallest absolute Gasteiger partial charge is 0.310 e. The fraction of sp³-hybridized carbons (Fsp3) is 0.211. The predicted molar refractivity (Wildman–Crippen MR) is 102 cm³/mol. The third-order valence-corrected chi connectivity index (χ3v) is 3.98. The number of hydrogen-bond donors (Lipinski definition) is 1. The quantitative estimate of drug-likeness (QED) is 0.731. The van der Waals surface area contributed by atoms with Crippen molar-refractivity contribution in [2.45, 2.75) is 6.42 Å². The van der Waals surface area contributed by atoms with Gasteiger partial charge in [0.15, 0.2) is 6.61 Å². The van der Waals surface area contributed by atoms with Crippen molar-refractivity contribution in [1.82, 2.24) is 4.90 Å². The highest BCUT2D eigenvalue weighted by Crippen LogP contribution is 2.12. The number of hydrogen-bond acceptors (Lipinski definition) is 4. The van der Waals surface area contributed by atoms with E-state index in [1.165, 1.54) is 4.90 Å². The lowest BCUT2D eigenvalue weighted by atomic mass is 10.2. The van der Waals surface area contributed by atoms with E-state index in [0.717, 1.165) is 10.0 Å². The lowest BCUT2D eigenvalue weighted by molar-refractivity contribution is -0.146. The minimum absolute atomic E-state index is 0.0991. The highest BCUT2D eigenvalue weighted by Gasteiger charge is 2.10. The summed E-state index contributed by atoms with van der Waals surface area (Å²) in [7, 11) is 3.33. The number of nitrogens with one attached hydrogen (secondary N) is 1. The predicted octanol–water partition coefficient (Wildman–Crippen LogP) is 2.88. The number of benzene rings is 2. The number of rotatable bonds is 6. The number of nitrogens with zero attached hydrogens (tertiary/aromatic N) is 1. The Labute approximate surface area is 160 Å². The second-order valence-corrected chi connectivity index (χ2v) is 6.70. The monoisotopic (exact) mass is 418 g/mol. The normalized spacial score (nSPS) is 10.1. The van der Waals surface area contributed by atoms with Crippen LogP contribution < -0.4 is 5.32 Å². The highest BCUT2D eigenvalue weighted by molar-refractivity contribution is 9.10. The van der Waals surface area contributed by atoms with Gasteiger partial charge < -0.3 is 15.0 Å². The van der Waals surface area contributed by atoms with Gasteiger partial charge in [-0.3, -0.25) is 14.4 Å². The summed E-state index contributed by atoms with van der Waals surface area (Å²) in [4.78, 5) is 36.9. The van der Waals surface area contributed by atoms with Crippen LogP contribution in [-0.2, 0) is 20.7 Å². The van der Waals surface area contributed by atoms with Gasteiger partial charge in [0.25, 0.3) is 11.8 Å². The van der Waals surface area contributed by atoms with Crippen LogP contribution in [0.3, 0.4) is 0 Å². The molecule has 0 fully saturated rings. The maximum Gasteiger partial charge on any atom is 0.310 e. The van der Waals surface area contributed by atoms with Crippen LogP contribution in [0.4, 0.5) is 5.69 Å². The molecule has 0 aliphatic heterocycles. The van der Waals surface area contributed by atoms with Crippen molar-refractivity contribution in [2.24, 2.45) is 0 Å². The van der Waals surface area contributed by atoms with E-state index in [2.05, 4.69) is 21.2 Å². The molecule has 136 valence electrons. The molecule has 0 bridgehead atoms. The molecule has 0 atom stereocenters. The Balaban J connectivity index is 1.80. The Kier molecular flexibility index (Phi) is 6.91. The summed E-state index contributed by atoms with van der Waals surface area (Å²) in [5, 5.41) is 2.62. The maximum absolute atomic E-state index is 11.9. The molecule has 26 heavy (non-hydrogen) atoms. The summed E-state index contributed by atoms with van der Waals surface area (Å²) >= 11 is 3.32. The van der Waals surface area contributed by atoms with Crippen molar-refractivity contribution in [1.29, 1.82) is 0 Å². The van der Waals surface area contributed by atoms with Crippen molar-refractivity contribution in [3.05, 3.63) is 64.1 Å². The van der Waals surface area contributed by atoms with Gasteiger partial charge in [-0.1, -0.05) is 28.1 Å². The SMILES string of the molecule is CN(C)C(=O)c1ccc(NC(=O)COC(=O)Cc2ccc(Br)cc2)cc1. The molecule has 1 N–H and O–H groups in total. The fourth-order valence-corrected chi connectivity index (χ4v) is 2.38. The second-order valence-electron chi connectivity index (χ2n) is 5.79. The van der Waals surface area contributed by atoms with Crippen LogP contribution >= 0.6 is 15.9 Å². The number of carbonyl (C=O) groups excluding carboxylic acids is 3. The molecule has 2 aromatic carbocycles. The zero-order chi connectivity index (χ0) is 19.1. The van der Waals surface area contributed by atoms with Crippen LogP contribution in [0, 0.1) is 0 Å². The van der Waals surface area contributed by atoms with Crippen molar-refractivity contribution in [2.75, 3.05) is 26.0 Å². The topological polar surface area (TPSA) is 75.7 Å². The summed E-state index contributed by atoms with van der Waals surface area (Å²) in [6, 6.07) is 13.8. The number of halogens is 1. The summed E-state index contributed by atoms with van der Waals surface area (Å²) in [5.74, 6) is -1.04. The Morgan fingerprint density at radius 1 is 1.00 bits per heavy atom. The molecule has 7 heteroatoms. The number of amides is 2. The lowest BCUT2D eigenvalue weighted by Gasteiger charge is -2.11. The third-order valence-electron chi connectivity index (χ3n) is 3.45. The molecule has 2 rings (SSSR count). The molecule has 6 nitrogen and oxygen atoms in total. The molecular formula is C19H19BrN2O4. The molecule has 0 saturated heterocycles. The molecule has 2 amide bonds. The molecule has 0 radical (unpaired) electrons. The Bertz CT molecular complexity index is 786. The van der Waals surface area contributed by atoms with E-state index in [4.69, 9.17) is 4.74 Å². The first kappa shape index (κ1) is 19.7. The van der Waals surface area contributed by atoms with Crippen LogP contribution in [0.25, 0.3) is 0 Å². The zero-order valence-electron chi connectivity index (χ0n) is 14.5. The molecule has 0 unspecified atom stereocenters. The van der Waals surface area contributed by atoms with Crippen molar-refractivity contribution < 1.29 is 19.1 Å². The first-order valence-corrected chi connectivity index (χ1v) is 8.66. The average molecular weight is 419 g/mol. The third kappa shape index (κ3) is 6.00. The minimum atomic E-state index is -0.477. The second kappa shape index (κ2) is 9.15. The van der Waals surface area contributed by atoms with E-state index in [9.17, 15) is 14.4 Å². The van der Waals surface area contributed by atoms with E-state index in [0.29, 0.717) is 11.3 Å². The van der Waals surface area contributed by atoms with Crippen LogP contribution in [0.5, 0.6) is 0 Å². The highest BCUT2D eigenvalue weighted by atomic mass is 79.9. The summed E-state index contributed by atoms with van der Waals surface area (Å²) < 4.78 is 5.90. The lowest BCUT2D eigenvalue weighted by Crippen LogP contribution is -2.22. The van der Waals surface area contributed by atoms with E-state index >= 15 is 0 Å². The zero-order valence-corrected chi connectivity index (χ0v) is 16.1. The number of carbonyl (C=O) groups is 3. The van der Waals surface area contributed by atoms with Crippen LogP contribution in [0.1, 0.15) is 15.9 Å². The first-order chi connectivity index (χ1) is 12.3. The van der Waals surface area contributed by atoms with Gasteiger partial charge in [-0.15, -0.1) is 0 Å². The molecule has 0 aromatic heterocycles. The molecule has 0 aliphatic rings. The molecule has 0 saturated carbocycles. The van der Waals surface area contributed by atoms with Crippen molar-refractivity contribution in [3.8, 4) is 0 Å². The van der Waals surface area contributed by atoms with Gasteiger partial charge >= 0.3 is 5.97 Å². The fourth-order valence-electron chi connectivity index (χ4n) is 2.12. The van der Waals surface area contributed by atoms with Crippen LogP contribution in [-0.4, -0.2) is 43.4 Å². The van der Waals surface area contributed by atoms with E-state index in [1.54, 1.807) is 38.4 Å². The summed E-state index contributed by atoms with van der Waals surface area (Å²) in [6.07, 6.45) is 0.0991. The van der Waals surface area contributed by atoms with E-state index in [-0.39, 0.29) is 18.9 Å². The molecule has 0 heterocycles. The molecular weight excluding hydrogens is 400 g/mol. The van der Waals surface area contributed by atoms with E-state index in [1.807, 2.05) is 24.3 Å². The number of ether oxygens (including phenoxy) is 1. The van der Waals surface area contributed by atoms with Gasteiger partial charge in [0.1, 0.15) is 0 Å². The molecule has 0 aliphatic carbocycles. The van der Waals surface area contributed by atoms with Gasteiger partial charge in [0, 0.05) is 29.8 Å². The Hall–Kier alpha value is -2.67. The van der Waals surface area contributed by atoms with E-state index < -0.39 is 11.9 Å². The largest absolute Gasteiger partial charge is 0.455 e. The maximum atomic E-state index is 11.9. The van der Waals surface area contributed by atoms with Crippen LogP contribution in [0.15, 0.2) is 53.0 Å². The van der Waals surface area contributed by atoms with Gasteiger partial charge in [0.05, 0.1) is 6.42 Å². The Morgan fingerprint density at radius 2 is 1.62 bits per heavy atom. The standard InChI is InChI=1S/C19H19BrN2O4/c1-22(2)19(25)14-5-9-16(10-6-14)21-17(23)12-26-18(24)11-13-3-7-15(20)8-4-13/h3-10H,11-12H2,1-2H3,(H,21,23).